The molecule has 22 heavy (non-hydrogen) atoms. The van der Waals surface area contributed by atoms with Crippen LogP contribution in [0.15, 0.2) is 36.8 Å². The second-order valence-corrected chi connectivity index (χ2v) is 5.41. The van der Waals surface area contributed by atoms with E-state index in [4.69, 9.17) is 0 Å². The summed E-state index contributed by atoms with van der Waals surface area (Å²) in [5, 5.41) is 8.01. The highest BCUT2D eigenvalue weighted by atomic mass is 16.1. The van der Waals surface area contributed by atoms with E-state index in [1.54, 1.807) is 30.7 Å². The van der Waals surface area contributed by atoms with Crippen LogP contribution < -0.4 is 5.32 Å². The summed E-state index contributed by atoms with van der Waals surface area (Å²) in [7, 11) is 0. The van der Waals surface area contributed by atoms with Gasteiger partial charge in [0.05, 0.1) is 29.3 Å². The van der Waals surface area contributed by atoms with E-state index in [9.17, 15) is 4.79 Å². The molecule has 0 bridgehead atoms. The number of nitrogens with one attached hydrogen (secondary N) is 1. The Hall–Kier alpha value is -2.76. The Kier molecular flexibility index (Phi) is 3.58. The lowest BCUT2D eigenvalue weighted by atomic mass is 10.1. The molecule has 3 aromatic rings. The molecule has 3 heterocycles. The Morgan fingerprint density at radius 1 is 1.32 bits per heavy atom. The fourth-order valence-electron chi connectivity index (χ4n) is 2.31. The van der Waals surface area contributed by atoms with Crippen LogP contribution in [-0.4, -0.2) is 25.7 Å². The molecule has 3 rings (SSSR count). The minimum absolute atomic E-state index is 0.197. The highest BCUT2D eigenvalue weighted by Gasteiger charge is 2.15. The van der Waals surface area contributed by atoms with Gasteiger partial charge in [0.15, 0.2) is 5.65 Å². The second kappa shape index (κ2) is 5.55. The smallest absolute Gasteiger partial charge is 0.257 e. The standard InChI is InChI=1S/C16H17N5O/c1-10(2)21-15-12(8-18-21)7-14(11(3)19-15)16(22)20-13-5-4-6-17-9-13/h4-10H,1-3H3,(H,20,22). The molecule has 0 aliphatic rings. The van der Waals surface area contributed by atoms with Crippen molar-refractivity contribution in [3.8, 4) is 0 Å². The maximum Gasteiger partial charge on any atom is 0.257 e. The summed E-state index contributed by atoms with van der Waals surface area (Å²) in [4.78, 5) is 20.9. The first-order valence-corrected chi connectivity index (χ1v) is 7.12. The van der Waals surface area contributed by atoms with Crippen LogP contribution in [-0.2, 0) is 0 Å². The molecular weight excluding hydrogens is 278 g/mol. The summed E-state index contributed by atoms with van der Waals surface area (Å²) in [6, 6.07) is 5.62. The zero-order valence-corrected chi connectivity index (χ0v) is 12.7. The van der Waals surface area contributed by atoms with E-state index in [1.165, 1.54) is 0 Å². The first kappa shape index (κ1) is 14.2. The Balaban J connectivity index is 1.97. The maximum atomic E-state index is 12.4. The van der Waals surface area contributed by atoms with Crippen LogP contribution >= 0.6 is 0 Å². The number of rotatable bonds is 3. The molecule has 1 amide bonds. The number of pyridine rings is 2. The van der Waals surface area contributed by atoms with Crippen LogP contribution in [0.25, 0.3) is 11.0 Å². The third-order valence-corrected chi connectivity index (χ3v) is 3.41. The number of aromatic nitrogens is 4. The van der Waals surface area contributed by atoms with E-state index in [1.807, 2.05) is 31.5 Å². The van der Waals surface area contributed by atoms with Crippen LogP contribution in [0.5, 0.6) is 0 Å². The van der Waals surface area contributed by atoms with E-state index in [0.717, 1.165) is 11.0 Å². The molecule has 0 saturated carbocycles. The largest absolute Gasteiger partial charge is 0.321 e. The number of anilines is 1. The van der Waals surface area contributed by atoms with Gasteiger partial charge < -0.3 is 5.32 Å². The molecule has 1 N–H and O–H groups in total. The van der Waals surface area contributed by atoms with E-state index < -0.39 is 0 Å². The number of nitrogens with zero attached hydrogens (tertiary/aromatic N) is 4. The van der Waals surface area contributed by atoms with Gasteiger partial charge in [-0.15, -0.1) is 0 Å². The molecule has 112 valence electrons. The minimum Gasteiger partial charge on any atom is -0.321 e. The van der Waals surface area contributed by atoms with Gasteiger partial charge in [0.2, 0.25) is 0 Å². The lowest BCUT2D eigenvalue weighted by Gasteiger charge is -2.09. The first-order valence-electron chi connectivity index (χ1n) is 7.12. The summed E-state index contributed by atoms with van der Waals surface area (Å²) >= 11 is 0. The van der Waals surface area contributed by atoms with Crippen molar-refractivity contribution in [3.63, 3.8) is 0 Å². The number of amides is 1. The maximum absolute atomic E-state index is 12.4. The van der Waals surface area contributed by atoms with Gasteiger partial charge in [-0.25, -0.2) is 9.67 Å². The lowest BCUT2D eigenvalue weighted by molar-refractivity contribution is 0.102. The van der Waals surface area contributed by atoms with Crippen LogP contribution in [0.3, 0.4) is 0 Å². The van der Waals surface area contributed by atoms with Crippen molar-refractivity contribution < 1.29 is 4.79 Å². The second-order valence-electron chi connectivity index (χ2n) is 5.41. The Morgan fingerprint density at radius 2 is 2.14 bits per heavy atom. The van der Waals surface area contributed by atoms with E-state index in [2.05, 4.69) is 20.4 Å². The predicted molar refractivity (Wildman–Crippen MR) is 84.8 cm³/mol. The van der Waals surface area contributed by atoms with Crippen molar-refractivity contribution in [1.82, 2.24) is 19.7 Å². The van der Waals surface area contributed by atoms with Gasteiger partial charge >= 0.3 is 0 Å². The van der Waals surface area contributed by atoms with Gasteiger partial charge in [0, 0.05) is 17.6 Å². The molecule has 0 spiro atoms. The van der Waals surface area contributed by atoms with Crippen molar-refractivity contribution in [1.29, 1.82) is 0 Å². The van der Waals surface area contributed by atoms with Gasteiger partial charge in [-0.3, -0.25) is 9.78 Å². The first-order chi connectivity index (χ1) is 10.6. The Bertz CT molecular complexity index is 823. The van der Waals surface area contributed by atoms with Crippen LogP contribution in [0.1, 0.15) is 35.9 Å². The zero-order valence-electron chi connectivity index (χ0n) is 12.7. The molecule has 0 radical (unpaired) electrons. The molecule has 3 aromatic heterocycles. The Labute approximate surface area is 128 Å². The van der Waals surface area contributed by atoms with Gasteiger partial charge in [-0.05, 0) is 39.0 Å². The van der Waals surface area contributed by atoms with Crippen LogP contribution in [0.2, 0.25) is 0 Å². The van der Waals surface area contributed by atoms with Crippen molar-refractivity contribution in [3.05, 3.63) is 48.0 Å². The van der Waals surface area contributed by atoms with Gasteiger partial charge in [0.25, 0.3) is 5.91 Å². The van der Waals surface area contributed by atoms with E-state index in [0.29, 0.717) is 16.9 Å². The molecule has 6 heteroatoms. The normalized spacial score (nSPS) is 11.1. The quantitative estimate of drug-likeness (QED) is 0.806. The summed E-state index contributed by atoms with van der Waals surface area (Å²) in [5.74, 6) is -0.197. The molecule has 0 aromatic carbocycles. The molecule has 0 aliphatic heterocycles. The van der Waals surface area contributed by atoms with E-state index in [-0.39, 0.29) is 11.9 Å². The van der Waals surface area contributed by atoms with Crippen molar-refractivity contribution >= 4 is 22.6 Å². The highest BCUT2D eigenvalue weighted by molar-refractivity contribution is 6.06. The highest BCUT2D eigenvalue weighted by Crippen LogP contribution is 2.20. The van der Waals surface area contributed by atoms with Crippen LogP contribution in [0.4, 0.5) is 5.69 Å². The number of fused-ring (bicyclic) bond motifs is 1. The number of carbonyl (C=O) groups is 1. The molecule has 0 atom stereocenters. The van der Waals surface area contributed by atoms with Crippen molar-refractivity contribution in [2.45, 2.75) is 26.8 Å². The fraction of sp³-hybridized carbons (Fsp3) is 0.250. The average molecular weight is 295 g/mol. The molecule has 0 unspecified atom stereocenters. The van der Waals surface area contributed by atoms with E-state index >= 15 is 0 Å². The SMILES string of the molecule is Cc1nc2c(cnn2C(C)C)cc1C(=O)Nc1cccnc1. The van der Waals surface area contributed by atoms with Crippen LogP contribution in [0, 0.1) is 6.92 Å². The summed E-state index contributed by atoms with van der Waals surface area (Å²) < 4.78 is 1.85. The fourth-order valence-corrected chi connectivity index (χ4v) is 2.31. The third-order valence-electron chi connectivity index (χ3n) is 3.41. The molecule has 0 saturated heterocycles. The zero-order chi connectivity index (χ0) is 15.7. The number of hydrogen-bond donors (Lipinski definition) is 1. The summed E-state index contributed by atoms with van der Waals surface area (Å²) in [6.07, 6.45) is 5.01. The molecule has 0 fully saturated rings. The third kappa shape index (κ3) is 2.55. The average Bonchev–Trinajstić information content (AvgIpc) is 2.90. The monoisotopic (exact) mass is 295 g/mol. The predicted octanol–water partition coefficient (Wildman–Crippen LogP) is 2.97. The van der Waals surface area contributed by atoms with Gasteiger partial charge in [-0.2, -0.15) is 5.10 Å². The summed E-state index contributed by atoms with van der Waals surface area (Å²) in [6.45, 7) is 5.92. The van der Waals surface area contributed by atoms with Gasteiger partial charge in [-0.1, -0.05) is 0 Å². The molecular formula is C16H17N5O. The lowest BCUT2D eigenvalue weighted by Crippen LogP contribution is -2.14. The molecule has 0 aliphatic carbocycles. The van der Waals surface area contributed by atoms with Gasteiger partial charge in [0.1, 0.15) is 0 Å². The van der Waals surface area contributed by atoms with Crippen molar-refractivity contribution in [2.75, 3.05) is 5.32 Å². The topological polar surface area (TPSA) is 72.7 Å². The Morgan fingerprint density at radius 3 is 2.82 bits per heavy atom. The number of hydrogen-bond acceptors (Lipinski definition) is 4. The number of aryl methyl sites for hydroxylation is 1. The van der Waals surface area contributed by atoms with Crippen molar-refractivity contribution in [2.24, 2.45) is 0 Å². The molecule has 6 nitrogen and oxygen atoms in total. The minimum atomic E-state index is -0.197. The number of carbonyl (C=O) groups excluding carboxylic acids is 1. The summed E-state index contributed by atoms with van der Waals surface area (Å²) in [5.41, 5.74) is 2.67.